The summed E-state index contributed by atoms with van der Waals surface area (Å²) in [6.45, 7) is 13.3. The van der Waals surface area contributed by atoms with Crippen molar-refractivity contribution in [1.29, 1.82) is 0 Å². The summed E-state index contributed by atoms with van der Waals surface area (Å²) in [7, 11) is 0. The molecule has 1 rings (SSSR count). The first kappa shape index (κ1) is 16.5. The first-order valence-electron chi connectivity index (χ1n) is 7.36. The average Bonchev–Trinajstić information content (AvgIpc) is 2.30. The minimum atomic E-state index is 0.638. The maximum absolute atomic E-state index is 6.34. The van der Waals surface area contributed by atoms with Crippen LogP contribution in [0.1, 0.15) is 38.8 Å². The average molecular weight is 282 g/mol. The summed E-state index contributed by atoms with van der Waals surface area (Å²) >= 11 is 6.34. The summed E-state index contributed by atoms with van der Waals surface area (Å²) < 4.78 is 0. The second kappa shape index (κ2) is 7.91. The standard InChI is InChI=1S/C17H28ClN/c1-12(2)10-19-11-16(13(3)4)9-15-7-6-14(5)8-17(15)18/h6-8,12-13,16,19H,9-11H2,1-5H3. The van der Waals surface area contributed by atoms with Crippen molar-refractivity contribution in [2.24, 2.45) is 17.8 Å². The number of hydrogen-bond acceptors (Lipinski definition) is 1. The van der Waals surface area contributed by atoms with Gasteiger partial charge in [-0.05, 0) is 61.4 Å². The van der Waals surface area contributed by atoms with Crippen LogP contribution < -0.4 is 5.32 Å². The third-order valence-electron chi connectivity index (χ3n) is 3.59. The Balaban J connectivity index is 2.62. The van der Waals surface area contributed by atoms with Gasteiger partial charge in [-0.3, -0.25) is 0 Å². The predicted octanol–water partition coefficient (Wildman–Crippen LogP) is 4.71. The highest BCUT2D eigenvalue weighted by Crippen LogP contribution is 2.23. The van der Waals surface area contributed by atoms with Crippen LogP contribution in [0.25, 0.3) is 0 Å². The van der Waals surface area contributed by atoms with E-state index in [-0.39, 0.29) is 0 Å². The third kappa shape index (κ3) is 5.97. The lowest BCUT2D eigenvalue weighted by Gasteiger charge is -2.23. The van der Waals surface area contributed by atoms with Crippen LogP contribution in [0.2, 0.25) is 5.02 Å². The molecule has 1 aromatic carbocycles. The molecule has 1 unspecified atom stereocenters. The minimum Gasteiger partial charge on any atom is -0.316 e. The van der Waals surface area contributed by atoms with Gasteiger partial charge in [0.2, 0.25) is 0 Å². The van der Waals surface area contributed by atoms with E-state index in [9.17, 15) is 0 Å². The van der Waals surface area contributed by atoms with Crippen LogP contribution in [0.3, 0.4) is 0 Å². The summed E-state index contributed by atoms with van der Waals surface area (Å²) in [5, 5.41) is 4.49. The minimum absolute atomic E-state index is 0.638. The van der Waals surface area contributed by atoms with E-state index in [2.05, 4.69) is 58.1 Å². The SMILES string of the molecule is Cc1ccc(CC(CNCC(C)C)C(C)C)c(Cl)c1. The zero-order valence-electron chi connectivity index (χ0n) is 13.0. The molecule has 0 amide bonds. The molecule has 0 saturated heterocycles. The van der Waals surface area contributed by atoms with Gasteiger partial charge in [-0.2, -0.15) is 0 Å². The fourth-order valence-corrected chi connectivity index (χ4v) is 2.51. The quantitative estimate of drug-likeness (QED) is 0.763. The molecule has 0 spiro atoms. The monoisotopic (exact) mass is 281 g/mol. The predicted molar refractivity (Wildman–Crippen MR) is 85.9 cm³/mol. The van der Waals surface area contributed by atoms with E-state index in [1.165, 1.54) is 11.1 Å². The van der Waals surface area contributed by atoms with E-state index in [1.54, 1.807) is 0 Å². The van der Waals surface area contributed by atoms with Crippen molar-refractivity contribution in [3.8, 4) is 0 Å². The number of nitrogens with one attached hydrogen (secondary N) is 1. The normalized spacial score (nSPS) is 13.3. The molecule has 1 N–H and O–H groups in total. The lowest BCUT2D eigenvalue weighted by molar-refractivity contribution is 0.352. The van der Waals surface area contributed by atoms with Crippen LogP contribution in [-0.4, -0.2) is 13.1 Å². The van der Waals surface area contributed by atoms with Gasteiger partial charge in [0.25, 0.3) is 0 Å². The van der Waals surface area contributed by atoms with Gasteiger partial charge in [-0.1, -0.05) is 51.4 Å². The Hall–Kier alpha value is -0.530. The second-order valence-electron chi connectivity index (χ2n) is 6.36. The summed E-state index contributed by atoms with van der Waals surface area (Å²) in [6, 6.07) is 6.39. The van der Waals surface area contributed by atoms with Gasteiger partial charge in [-0.25, -0.2) is 0 Å². The largest absolute Gasteiger partial charge is 0.316 e. The molecule has 0 radical (unpaired) electrons. The molecule has 0 aliphatic rings. The van der Waals surface area contributed by atoms with E-state index < -0.39 is 0 Å². The molecule has 108 valence electrons. The van der Waals surface area contributed by atoms with Crippen molar-refractivity contribution in [3.63, 3.8) is 0 Å². The Morgan fingerprint density at radius 2 is 1.79 bits per heavy atom. The van der Waals surface area contributed by atoms with E-state index >= 15 is 0 Å². The van der Waals surface area contributed by atoms with Crippen LogP contribution in [0, 0.1) is 24.7 Å². The number of halogens is 1. The molecule has 2 heteroatoms. The molecule has 1 aromatic rings. The van der Waals surface area contributed by atoms with E-state index in [4.69, 9.17) is 11.6 Å². The first-order chi connectivity index (χ1) is 8.90. The van der Waals surface area contributed by atoms with Gasteiger partial charge in [0.1, 0.15) is 0 Å². The highest BCUT2D eigenvalue weighted by atomic mass is 35.5. The van der Waals surface area contributed by atoms with Gasteiger partial charge < -0.3 is 5.32 Å². The molecule has 1 atom stereocenters. The molecule has 0 fully saturated rings. The molecule has 0 aromatic heterocycles. The third-order valence-corrected chi connectivity index (χ3v) is 3.94. The van der Waals surface area contributed by atoms with Crippen molar-refractivity contribution in [3.05, 3.63) is 34.3 Å². The molecule has 1 nitrogen and oxygen atoms in total. The number of hydrogen-bond donors (Lipinski definition) is 1. The molecule has 0 heterocycles. The lowest BCUT2D eigenvalue weighted by Crippen LogP contribution is -2.30. The fraction of sp³-hybridized carbons (Fsp3) is 0.647. The summed E-state index contributed by atoms with van der Waals surface area (Å²) in [6.07, 6.45) is 1.06. The smallest absolute Gasteiger partial charge is 0.0440 e. The molecular weight excluding hydrogens is 254 g/mol. The Kier molecular flexibility index (Phi) is 6.88. The molecule has 0 bridgehead atoms. The van der Waals surface area contributed by atoms with Crippen molar-refractivity contribution in [2.45, 2.75) is 41.0 Å². The summed E-state index contributed by atoms with van der Waals surface area (Å²) in [5.74, 6) is 2.01. The highest BCUT2D eigenvalue weighted by Gasteiger charge is 2.15. The van der Waals surface area contributed by atoms with Crippen LogP contribution in [0.5, 0.6) is 0 Å². The van der Waals surface area contributed by atoms with Crippen molar-refractivity contribution < 1.29 is 0 Å². The number of rotatable bonds is 7. The van der Waals surface area contributed by atoms with E-state index in [0.29, 0.717) is 17.8 Å². The van der Waals surface area contributed by atoms with Gasteiger partial charge in [0.05, 0.1) is 0 Å². The fourth-order valence-electron chi connectivity index (χ4n) is 2.20. The topological polar surface area (TPSA) is 12.0 Å². The van der Waals surface area contributed by atoms with Crippen molar-refractivity contribution in [1.82, 2.24) is 5.32 Å². The summed E-state index contributed by atoms with van der Waals surface area (Å²) in [5.41, 5.74) is 2.50. The van der Waals surface area contributed by atoms with Gasteiger partial charge in [-0.15, -0.1) is 0 Å². The molecule has 0 saturated carbocycles. The molecular formula is C17H28ClN. The number of aryl methyl sites for hydroxylation is 1. The van der Waals surface area contributed by atoms with Crippen LogP contribution in [0.4, 0.5) is 0 Å². The van der Waals surface area contributed by atoms with Crippen LogP contribution >= 0.6 is 11.6 Å². The van der Waals surface area contributed by atoms with E-state index in [1.807, 2.05) is 0 Å². The van der Waals surface area contributed by atoms with Gasteiger partial charge in [0.15, 0.2) is 0 Å². The Bertz CT molecular complexity index is 385. The first-order valence-corrected chi connectivity index (χ1v) is 7.73. The number of benzene rings is 1. The maximum Gasteiger partial charge on any atom is 0.0440 e. The second-order valence-corrected chi connectivity index (χ2v) is 6.76. The zero-order valence-corrected chi connectivity index (χ0v) is 13.7. The van der Waals surface area contributed by atoms with Gasteiger partial charge in [0, 0.05) is 5.02 Å². The van der Waals surface area contributed by atoms with Gasteiger partial charge >= 0.3 is 0 Å². The molecule has 0 aliphatic heterocycles. The van der Waals surface area contributed by atoms with Crippen LogP contribution in [0.15, 0.2) is 18.2 Å². The molecule has 19 heavy (non-hydrogen) atoms. The Labute approximate surface area is 123 Å². The Morgan fingerprint density at radius 1 is 1.11 bits per heavy atom. The zero-order chi connectivity index (χ0) is 14.4. The maximum atomic E-state index is 6.34. The molecule has 0 aliphatic carbocycles. The highest BCUT2D eigenvalue weighted by molar-refractivity contribution is 6.31. The van der Waals surface area contributed by atoms with Crippen molar-refractivity contribution in [2.75, 3.05) is 13.1 Å². The van der Waals surface area contributed by atoms with E-state index in [0.717, 1.165) is 24.5 Å². The summed E-state index contributed by atoms with van der Waals surface area (Å²) in [4.78, 5) is 0. The lowest BCUT2D eigenvalue weighted by atomic mass is 9.88. The van der Waals surface area contributed by atoms with Crippen molar-refractivity contribution >= 4 is 11.6 Å². The van der Waals surface area contributed by atoms with Crippen LogP contribution in [-0.2, 0) is 6.42 Å². The Morgan fingerprint density at radius 3 is 2.32 bits per heavy atom.